The number of nitrogens with one attached hydrogen (secondary N) is 1. The lowest BCUT2D eigenvalue weighted by atomic mass is 10.1. The molecule has 1 aliphatic carbocycles. The fourth-order valence-corrected chi connectivity index (χ4v) is 3.97. The molecule has 3 aromatic heterocycles. The molecule has 0 aliphatic heterocycles. The van der Waals surface area contributed by atoms with Crippen molar-refractivity contribution in [2.75, 3.05) is 5.32 Å². The van der Waals surface area contributed by atoms with Crippen LogP contribution in [0.15, 0.2) is 11.4 Å². The number of aryl methyl sites for hydroxylation is 3. The molecule has 8 heteroatoms. The van der Waals surface area contributed by atoms with Crippen LogP contribution in [0.1, 0.15) is 52.8 Å². The molecule has 0 saturated heterocycles. The quantitative estimate of drug-likeness (QED) is 0.731. The maximum absolute atomic E-state index is 12.5. The first-order chi connectivity index (χ1) is 12.9. The lowest BCUT2D eigenvalue weighted by Gasteiger charge is -2.06. The number of hydrogen-bond donors (Lipinski definition) is 1. The molecule has 0 aromatic carbocycles. The molecule has 0 spiro atoms. The average molecular weight is 382 g/mol. The van der Waals surface area contributed by atoms with Crippen LogP contribution in [-0.2, 0) is 11.2 Å². The van der Waals surface area contributed by atoms with E-state index in [0.717, 1.165) is 34.0 Å². The third-order valence-corrected chi connectivity index (χ3v) is 5.48. The Morgan fingerprint density at radius 1 is 1.19 bits per heavy atom. The van der Waals surface area contributed by atoms with Gasteiger partial charge in [0.25, 0.3) is 5.95 Å². The van der Waals surface area contributed by atoms with E-state index >= 15 is 0 Å². The van der Waals surface area contributed by atoms with Gasteiger partial charge in [0, 0.05) is 33.9 Å². The highest BCUT2D eigenvalue weighted by Crippen LogP contribution is 2.40. The molecule has 0 unspecified atom stereocenters. The van der Waals surface area contributed by atoms with Gasteiger partial charge in [-0.25, -0.2) is 19.6 Å². The largest absolute Gasteiger partial charge is 0.302 e. The standard InChI is InChI=1S/C19H22N6OS/c1-10-7-11(2)21-18(20-10)25-13(4)15(12(3)24-25)8-17(26)23-19-22-16(9-27-19)14-5-6-14/h7,9,14H,5-6,8H2,1-4H3,(H,22,23,26). The number of nitrogens with zero attached hydrogens (tertiary/aromatic N) is 5. The van der Waals surface area contributed by atoms with Gasteiger partial charge in [0.1, 0.15) is 0 Å². The third-order valence-electron chi connectivity index (χ3n) is 4.70. The van der Waals surface area contributed by atoms with Crippen molar-refractivity contribution in [3.63, 3.8) is 0 Å². The predicted molar refractivity (Wildman–Crippen MR) is 105 cm³/mol. The van der Waals surface area contributed by atoms with Gasteiger partial charge in [0.2, 0.25) is 5.91 Å². The third kappa shape index (κ3) is 3.75. The van der Waals surface area contributed by atoms with E-state index in [-0.39, 0.29) is 12.3 Å². The molecule has 27 heavy (non-hydrogen) atoms. The highest BCUT2D eigenvalue weighted by molar-refractivity contribution is 7.13. The summed E-state index contributed by atoms with van der Waals surface area (Å²) in [5.74, 6) is 1.04. The second kappa shape index (κ2) is 6.84. The molecular formula is C19H22N6OS. The highest BCUT2D eigenvalue weighted by atomic mass is 32.1. The van der Waals surface area contributed by atoms with E-state index < -0.39 is 0 Å². The van der Waals surface area contributed by atoms with E-state index in [1.807, 2.05) is 39.1 Å². The Kier molecular flexibility index (Phi) is 4.51. The van der Waals surface area contributed by atoms with Crippen LogP contribution in [0.2, 0.25) is 0 Å². The van der Waals surface area contributed by atoms with Gasteiger partial charge < -0.3 is 5.32 Å². The number of carbonyl (C=O) groups is 1. The Morgan fingerprint density at radius 2 is 1.89 bits per heavy atom. The molecule has 1 saturated carbocycles. The molecule has 140 valence electrons. The minimum absolute atomic E-state index is 0.0845. The van der Waals surface area contributed by atoms with E-state index in [1.165, 1.54) is 24.2 Å². The number of amides is 1. The molecule has 1 aliphatic rings. The topological polar surface area (TPSA) is 85.6 Å². The molecule has 1 N–H and O–H groups in total. The van der Waals surface area contributed by atoms with Crippen molar-refractivity contribution in [3.05, 3.63) is 45.5 Å². The van der Waals surface area contributed by atoms with Gasteiger partial charge in [-0.3, -0.25) is 4.79 Å². The summed E-state index contributed by atoms with van der Waals surface area (Å²) in [5.41, 5.74) is 5.46. The first kappa shape index (κ1) is 17.8. The van der Waals surface area contributed by atoms with Crippen LogP contribution in [-0.4, -0.2) is 30.6 Å². The van der Waals surface area contributed by atoms with Crippen molar-refractivity contribution >= 4 is 22.4 Å². The van der Waals surface area contributed by atoms with Crippen LogP contribution in [0.4, 0.5) is 5.13 Å². The summed E-state index contributed by atoms with van der Waals surface area (Å²) in [5, 5.41) is 10.2. The zero-order chi connectivity index (χ0) is 19.1. The molecule has 0 bridgehead atoms. The summed E-state index contributed by atoms with van der Waals surface area (Å²) in [6.45, 7) is 7.71. The minimum atomic E-state index is -0.0845. The lowest BCUT2D eigenvalue weighted by Crippen LogP contribution is -2.15. The first-order valence-corrected chi connectivity index (χ1v) is 9.91. The van der Waals surface area contributed by atoms with Crippen LogP contribution in [0.25, 0.3) is 5.95 Å². The molecule has 4 rings (SSSR count). The monoisotopic (exact) mass is 382 g/mol. The van der Waals surface area contributed by atoms with E-state index in [0.29, 0.717) is 17.0 Å². The maximum atomic E-state index is 12.5. The molecule has 0 atom stereocenters. The van der Waals surface area contributed by atoms with E-state index in [4.69, 9.17) is 0 Å². The Morgan fingerprint density at radius 3 is 2.56 bits per heavy atom. The smallest absolute Gasteiger partial charge is 0.251 e. The number of hydrogen-bond acceptors (Lipinski definition) is 6. The van der Waals surface area contributed by atoms with Gasteiger partial charge in [0.15, 0.2) is 5.13 Å². The number of rotatable bonds is 5. The predicted octanol–water partition coefficient (Wildman–Crippen LogP) is 3.41. The number of carbonyl (C=O) groups excluding carboxylic acids is 1. The van der Waals surface area contributed by atoms with Crippen molar-refractivity contribution in [2.24, 2.45) is 0 Å². The van der Waals surface area contributed by atoms with Gasteiger partial charge >= 0.3 is 0 Å². The zero-order valence-electron chi connectivity index (χ0n) is 15.9. The van der Waals surface area contributed by atoms with Crippen LogP contribution in [0, 0.1) is 27.7 Å². The molecule has 1 amide bonds. The average Bonchev–Trinajstić information content (AvgIpc) is 3.29. The molecule has 3 heterocycles. The molecule has 3 aromatic rings. The SMILES string of the molecule is Cc1cc(C)nc(-n2nc(C)c(CC(=O)Nc3nc(C4CC4)cs3)c2C)n1. The Balaban J connectivity index is 1.53. The summed E-state index contributed by atoms with van der Waals surface area (Å²) in [6.07, 6.45) is 2.66. The second-order valence-electron chi connectivity index (χ2n) is 7.09. The Hall–Kier alpha value is -2.61. The van der Waals surface area contributed by atoms with Gasteiger partial charge in [-0.15, -0.1) is 11.3 Å². The summed E-state index contributed by atoms with van der Waals surface area (Å²) in [6, 6.07) is 1.92. The minimum Gasteiger partial charge on any atom is -0.302 e. The first-order valence-electron chi connectivity index (χ1n) is 9.03. The Bertz CT molecular complexity index is 997. The van der Waals surface area contributed by atoms with Gasteiger partial charge in [-0.1, -0.05) is 0 Å². The summed E-state index contributed by atoms with van der Waals surface area (Å²) in [7, 11) is 0. The van der Waals surface area contributed by atoms with Crippen molar-refractivity contribution < 1.29 is 4.79 Å². The van der Waals surface area contributed by atoms with E-state index in [1.54, 1.807) is 4.68 Å². The van der Waals surface area contributed by atoms with Crippen molar-refractivity contribution in [1.29, 1.82) is 0 Å². The van der Waals surface area contributed by atoms with Crippen molar-refractivity contribution in [3.8, 4) is 5.95 Å². The molecule has 7 nitrogen and oxygen atoms in total. The summed E-state index contributed by atoms with van der Waals surface area (Å²) < 4.78 is 1.71. The van der Waals surface area contributed by atoms with Crippen LogP contribution >= 0.6 is 11.3 Å². The van der Waals surface area contributed by atoms with E-state index in [2.05, 4.69) is 25.4 Å². The summed E-state index contributed by atoms with van der Waals surface area (Å²) >= 11 is 1.49. The van der Waals surface area contributed by atoms with Gasteiger partial charge in [-0.2, -0.15) is 5.10 Å². The molecule has 1 fully saturated rings. The Labute approximate surface area is 161 Å². The van der Waals surface area contributed by atoms with E-state index in [9.17, 15) is 4.79 Å². The lowest BCUT2D eigenvalue weighted by molar-refractivity contribution is -0.115. The zero-order valence-corrected chi connectivity index (χ0v) is 16.7. The number of anilines is 1. The number of aromatic nitrogens is 5. The van der Waals surface area contributed by atoms with Crippen molar-refractivity contribution in [1.82, 2.24) is 24.7 Å². The highest BCUT2D eigenvalue weighted by Gasteiger charge is 2.26. The van der Waals surface area contributed by atoms with Crippen LogP contribution in [0.3, 0.4) is 0 Å². The van der Waals surface area contributed by atoms with Crippen LogP contribution in [0.5, 0.6) is 0 Å². The second-order valence-corrected chi connectivity index (χ2v) is 7.95. The fraction of sp³-hybridized carbons (Fsp3) is 0.421. The van der Waals surface area contributed by atoms with Gasteiger partial charge in [-0.05, 0) is 46.6 Å². The fourth-order valence-electron chi connectivity index (χ4n) is 3.16. The van der Waals surface area contributed by atoms with Crippen molar-refractivity contribution in [2.45, 2.75) is 52.9 Å². The molecule has 0 radical (unpaired) electrons. The van der Waals surface area contributed by atoms with Crippen LogP contribution < -0.4 is 5.32 Å². The molecular weight excluding hydrogens is 360 g/mol. The van der Waals surface area contributed by atoms with Gasteiger partial charge in [0.05, 0.1) is 17.8 Å². The maximum Gasteiger partial charge on any atom is 0.251 e. The normalized spacial score (nSPS) is 13.8. The summed E-state index contributed by atoms with van der Waals surface area (Å²) in [4.78, 5) is 26.0. The number of thiazole rings is 1.